The van der Waals surface area contributed by atoms with Crippen molar-refractivity contribution in [3.05, 3.63) is 0 Å². The minimum absolute atomic E-state index is 0.0148. The molecule has 2 aliphatic carbocycles. The van der Waals surface area contributed by atoms with Crippen LogP contribution in [0.1, 0.15) is 64.2 Å². The number of ether oxygens (including phenoxy) is 2. The Balaban J connectivity index is 1.68. The molecule has 0 radical (unpaired) electrons. The van der Waals surface area contributed by atoms with Gasteiger partial charge in [-0.1, -0.05) is 25.7 Å². The first kappa shape index (κ1) is 14.4. The van der Waals surface area contributed by atoms with Gasteiger partial charge in [-0.15, -0.1) is 0 Å². The first-order valence-electron chi connectivity index (χ1n) is 7.27. The Morgan fingerprint density at radius 3 is 2.11 bits per heavy atom. The van der Waals surface area contributed by atoms with E-state index in [9.17, 15) is 4.79 Å². The Kier molecular flexibility index (Phi) is 6.05. The highest BCUT2D eigenvalue weighted by Gasteiger charge is 2.26. The van der Waals surface area contributed by atoms with Crippen molar-refractivity contribution >= 4 is 28.7 Å². The third kappa shape index (κ3) is 4.59. The van der Waals surface area contributed by atoms with Crippen LogP contribution in [0.5, 0.6) is 0 Å². The van der Waals surface area contributed by atoms with Crippen molar-refractivity contribution in [3.63, 3.8) is 0 Å². The Labute approximate surface area is 123 Å². The lowest BCUT2D eigenvalue weighted by atomic mass is 9.90. The number of hydrogen-bond acceptors (Lipinski definition) is 3. The molecule has 0 bridgehead atoms. The van der Waals surface area contributed by atoms with E-state index < -0.39 is 6.16 Å². The number of halogens is 1. The Bertz CT molecular complexity index is 258. The lowest BCUT2D eigenvalue weighted by Crippen LogP contribution is -2.27. The highest BCUT2D eigenvalue weighted by molar-refractivity contribution is 14.1. The molecule has 0 spiro atoms. The smallest absolute Gasteiger partial charge is 0.431 e. The molecule has 18 heavy (non-hydrogen) atoms. The van der Waals surface area contributed by atoms with Crippen molar-refractivity contribution in [2.75, 3.05) is 0 Å². The average Bonchev–Trinajstić information content (AvgIpc) is 2.40. The number of hydrogen-bond donors (Lipinski definition) is 0. The first-order valence-corrected chi connectivity index (χ1v) is 8.51. The van der Waals surface area contributed by atoms with E-state index in [4.69, 9.17) is 9.47 Å². The zero-order valence-corrected chi connectivity index (χ0v) is 13.1. The van der Waals surface area contributed by atoms with Crippen LogP contribution in [-0.2, 0) is 9.47 Å². The van der Waals surface area contributed by atoms with Crippen LogP contribution in [0.15, 0.2) is 0 Å². The second kappa shape index (κ2) is 7.56. The normalized spacial score (nSPS) is 24.5. The van der Waals surface area contributed by atoms with Crippen molar-refractivity contribution in [2.45, 2.75) is 74.4 Å². The van der Waals surface area contributed by atoms with Gasteiger partial charge in [-0.05, 0) is 61.1 Å². The van der Waals surface area contributed by atoms with Crippen LogP contribution in [-0.4, -0.2) is 16.4 Å². The molecule has 2 aliphatic rings. The maximum atomic E-state index is 11.7. The molecule has 0 aromatic rings. The number of alkyl halides is 1. The molecule has 0 saturated heterocycles. The van der Waals surface area contributed by atoms with E-state index in [-0.39, 0.29) is 10.2 Å². The number of carbonyl (C=O) groups is 1. The summed E-state index contributed by atoms with van der Waals surface area (Å²) in [6.45, 7) is 0. The molecule has 0 aliphatic heterocycles. The predicted molar refractivity (Wildman–Crippen MR) is 78.8 cm³/mol. The van der Waals surface area contributed by atoms with E-state index in [1.54, 1.807) is 0 Å². The monoisotopic (exact) mass is 366 g/mol. The third-order valence-electron chi connectivity index (χ3n) is 4.04. The molecular weight excluding hydrogens is 343 g/mol. The zero-order chi connectivity index (χ0) is 12.8. The van der Waals surface area contributed by atoms with E-state index in [1.165, 1.54) is 51.4 Å². The van der Waals surface area contributed by atoms with Crippen molar-refractivity contribution in [1.82, 2.24) is 0 Å². The molecule has 104 valence electrons. The first-order chi connectivity index (χ1) is 8.75. The van der Waals surface area contributed by atoms with Crippen LogP contribution in [0.25, 0.3) is 0 Å². The van der Waals surface area contributed by atoms with Gasteiger partial charge in [-0.3, -0.25) is 0 Å². The molecule has 2 rings (SSSR count). The van der Waals surface area contributed by atoms with Gasteiger partial charge >= 0.3 is 6.16 Å². The summed E-state index contributed by atoms with van der Waals surface area (Å²) < 4.78 is 10.8. The maximum absolute atomic E-state index is 11.7. The van der Waals surface area contributed by atoms with Gasteiger partial charge in [0.1, 0.15) is 6.10 Å². The lowest BCUT2D eigenvalue weighted by Gasteiger charge is -2.27. The van der Waals surface area contributed by atoms with Gasteiger partial charge in [0.2, 0.25) is 0 Å². The fourth-order valence-electron chi connectivity index (χ4n) is 2.93. The van der Waals surface area contributed by atoms with Crippen LogP contribution in [0.2, 0.25) is 0 Å². The predicted octanol–water partition coefficient (Wildman–Crippen LogP) is 4.81. The van der Waals surface area contributed by atoms with E-state index in [2.05, 4.69) is 22.6 Å². The lowest BCUT2D eigenvalue weighted by molar-refractivity contribution is -0.00274. The van der Waals surface area contributed by atoms with Crippen LogP contribution in [0.4, 0.5) is 4.79 Å². The van der Waals surface area contributed by atoms with Gasteiger partial charge in [0.25, 0.3) is 0 Å². The molecule has 0 aromatic carbocycles. The average molecular weight is 366 g/mol. The molecule has 3 nitrogen and oxygen atoms in total. The second-order valence-corrected chi connectivity index (χ2v) is 6.72. The highest BCUT2D eigenvalue weighted by Crippen LogP contribution is 2.31. The molecule has 2 saturated carbocycles. The summed E-state index contributed by atoms with van der Waals surface area (Å²) in [6, 6.07) is 0. The summed E-state index contributed by atoms with van der Waals surface area (Å²) in [4.78, 5) is 11.7. The molecule has 1 unspecified atom stereocenters. The van der Waals surface area contributed by atoms with E-state index >= 15 is 0 Å². The van der Waals surface area contributed by atoms with Crippen LogP contribution < -0.4 is 0 Å². The van der Waals surface area contributed by atoms with Gasteiger partial charge in [0.05, 0.1) is 0 Å². The molecule has 2 fully saturated rings. The van der Waals surface area contributed by atoms with Crippen molar-refractivity contribution in [1.29, 1.82) is 0 Å². The van der Waals surface area contributed by atoms with Gasteiger partial charge in [-0.25, -0.2) is 4.79 Å². The largest absolute Gasteiger partial charge is 0.509 e. The third-order valence-corrected chi connectivity index (χ3v) is 5.32. The van der Waals surface area contributed by atoms with Crippen LogP contribution in [0, 0.1) is 5.92 Å². The molecule has 1 atom stereocenters. The van der Waals surface area contributed by atoms with Crippen molar-refractivity contribution in [2.24, 2.45) is 5.92 Å². The second-order valence-electron chi connectivity index (χ2n) is 5.49. The molecule has 0 N–H and O–H groups in total. The Morgan fingerprint density at radius 1 is 0.944 bits per heavy atom. The Hall–Kier alpha value is 0. The Morgan fingerprint density at radius 2 is 1.50 bits per heavy atom. The highest BCUT2D eigenvalue weighted by atomic mass is 127. The summed E-state index contributed by atoms with van der Waals surface area (Å²) in [5, 5.41) is 0. The quantitative estimate of drug-likeness (QED) is 0.408. The minimum atomic E-state index is -0.452. The van der Waals surface area contributed by atoms with Crippen LogP contribution in [0.3, 0.4) is 0 Å². The van der Waals surface area contributed by atoms with Gasteiger partial charge in [0.15, 0.2) is 4.11 Å². The summed E-state index contributed by atoms with van der Waals surface area (Å²) in [5.74, 6) is 0.526. The maximum Gasteiger partial charge on any atom is 0.509 e. The summed E-state index contributed by atoms with van der Waals surface area (Å²) in [7, 11) is 0. The topological polar surface area (TPSA) is 35.5 Å². The van der Waals surface area contributed by atoms with Crippen molar-refractivity contribution in [3.8, 4) is 0 Å². The number of rotatable bonds is 3. The minimum Gasteiger partial charge on any atom is -0.431 e. The summed E-state index contributed by atoms with van der Waals surface area (Å²) in [6.07, 6.45) is 11.5. The van der Waals surface area contributed by atoms with E-state index in [0.29, 0.717) is 5.92 Å². The molecule has 0 amide bonds. The fraction of sp³-hybridized carbons (Fsp3) is 0.929. The SMILES string of the molecule is O=C(OC1CCCCC1)OC(I)C1CCCCC1. The standard InChI is InChI=1S/C14H23IO3/c15-13(11-7-3-1-4-8-11)18-14(16)17-12-9-5-2-6-10-12/h11-13H,1-10H2. The number of carbonyl (C=O) groups excluding carboxylic acids is 1. The van der Waals surface area contributed by atoms with Gasteiger partial charge < -0.3 is 9.47 Å². The van der Waals surface area contributed by atoms with Gasteiger partial charge in [0, 0.05) is 5.92 Å². The fourth-order valence-corrected chi connectivity index (χ4v) is 3.86. The molecular formula is C14H23IO3. The van der Waals surface area contributed by atoms with Crippen molar-refractivity contribution < 1.29 is 14.3 Å². The van der Waals surface area contributed by atoms with E-state index in [1.807, 2.05) is 0 Å². The molecule has 0 aromatic heterocycles. The molecule has 4 heteroatoms. The molecule has 0 heterocycles. The summed E-state index contributed by atoms with van der Waals surface area (Å²) >= 11 is 2.25. The zero-order valence-electron chi connectivity index (χ0n) is 10.9. The summed E-state index contributed by atoms with van der Waals surface area (Å²) in [5.41, 5.74) is 0. The van der Waals surface area contributed by atoms with E-state index in [0.717, 1.165) is 12.8 Å². The van der Waals surface area contributed by atoms with Crippen LogP contribution >= 0.6 is 22.6 Å². The van der Waals surface area contributed by atoms with Gasteiger partial charge in [-0.2, -0.15) is 0 Å².